The Hall–Kier alpha value is -2.49. The van der Waals surface area contributed by atoms with Gasteiger partial charge in [-0.05, 0) is 41.9 Å². The second kappa shape index (κ2) is 5.91. The largest absolute Gasteiger partial charge is 0.322 e. The van der Waals surface area contributed by atoms with Crippen molar-refractivity contribution in [1.82, 2.24) is 0 Å². The first-order chi connectivity index (χ1) is 9.19. The zero-order chi connectivity index (χ0) is 13.7. The van der Waals surface area contributed by atoms with Gasteiger partial charge in [-0.1, -0.05) is 28.8 Å². The Morgan fingerprint density at radius 3 is 2.32 bits per heavy atom. The molecule has 94 valence electrons. The van der Waals surface area contributed by atoms with Crippen molar-refractivity contribution in [3.8, 4) is 0 Å². The van der Waals surface area contributed by atoms with Crippen LogP contribution in [0.25, 0.3) is 10.4 Å². The monoisotopic (exact) mass is 272 g/mol. The van der Waals surface area contributed by atoms with Crippen molar-refractivity contribution in [2.24, 2.45) is 5.11 Å². The fourth-order valence-corrected chi connectivity index (χ4v) is 1.59. The molecule has 0 aliphatic carbocycles. The molecule has 0 heterocycles. The highest BCUT2D eigenvalue weighted by Crippen LogP contribution is 2.16. The van der Waals surface area contributed by atoms with E-state index < -0.39 is 0 Å². The van der Waals surface area contributed by atoms with Crippen LogP contribution in [0.15, 0.2) is 53.6 Å². The highest BCUT2D eigenvalue weighted by Gasteiger charge is 2.05. The number of azide groups is 1. The number of benzene rings is 2. The molecular weight excluding hydrogens is 264 g/mol. The molecule has 0 aromatic heterocycles. The van der Waals surface area contributed by atoms with Gasteiger partial charge < -0.3 is 5.32 Å². The zero-order valence-corrected chi connectivity index (χ0v) is 10.5. The van der Waals surface area contributed by atoms with Crippen LogP contribution in [0.5, 0.6) is 0 Å². The van der Waals surface area contributed by atoms with E-state index in [1.807, 2.05) is 0 Å². The Morgan fingerprint density at radius 2 is 1.74 bits per heavy atom. The molecule has 0 saturated carbocycles. The molecule has 0 aliphatic heterocycles. The number of hydrogen-bond donors (Lipinski definition) is 1. The quantitative estimate of drug-likeness (QED) is 0.497. The van der Waals surface area contributed by atoms with Crippen molar-refractivity contribution in [3.05, 3.63) is 69.6 Å². The lowest BCUT2D eigenvalue weighted by molar-refractivity contribution is 0.102. The van der Waals surface area contributed by atoms with Gasteiger partial charge in [0.2, 0.25) is 0 Å². The van der Waals surface area contributed by atoms with Crippen molar-refractivity contribution >= 4 is 28.9 Å². The first-order valence-electron chi connectivity index (χ1n) is 5.41. The Kier molecular flexibility index (Phi) is 4.03. The molecule has 6 heteroatoms. The topological polar surface area (TPSA) is 77.9 Å². The van der Waals surface area contributed by atoms with Crippen molar-refractivity contribution in [3.63, 3.8) is 0 Å². The highest BCUT2D eigenvalue weighted by atomic mass is 35.5. The number of amides is 1. The number of anilines is 1. The van der Waals surface area contributed by atoms with Crippen LogP contribution in [-0.4, -0.2) is 5.91 Å². The normalized spacial score (nSPS) is 9.53. The minimum Gasteiger partial charge on any atom is -0.322 e. The summed E-state index contributed by atoms with van der Waals surface area (Å²) >= 11 is 5.76. The van der Waals surface area contributed by atoms with Crippen LogP contribution in [0.2, 0.25) is 5.02 Å². The molecule has 0 atom stereocenters. The van der Waals surface area contributed by atoms with Crippen LogP contribution in [0.3, 0.4) is 0 Å². The van der Waals surface area contributed by atoms with E-state index in [0.29, 0.717) is 22.0 Å². The molecule has 0 spiro atoms. The highest BCUT2D eigenvalue weighted by molar-refractivity contribution is 6.30. The van der Waals surface area contributed by atoms with E-state index in [9.17, 15) is 4.79 Å². The molecule has 1 amide bonds. The molecule has 0 unspecified atom stereocenters. The maximum Gasteiger partial charge on any atom is 0.255 e. The van der Waals surface area contributed by atoms with E-state index in [0.717, 1.165) is 0 Å². The van der Waals surface area contributed by atoms with Gasteiger partial charge >= 0.3 is 0 Å². The first-order valence-corrected chi connectivity index (χ1v) is 5.79. The summed E-state index contributed by atoms with van der Waals surface area (Å²) in [7, 11) is 0. The fourth-order valence-electron chi connectivity index (χ4n) is 1.47. The Bertz CT molecular complexity index is 631. The third-order valence-corrected chi connectivity index (χ3v) is 2.64. The van der Waals surface area contributed by atoms with Crippen LogP contribution in [0, 0.1) is 0 Å². The molecule has 0 fully saturated rings. The number of nitrogens with one attached hydrogen (secondary N) is 1. The summed E-state index contributed by atoms with van der Waals surface area (Å²) in [6, 6.07) is 13.2. The van der Waals surface area contributed by atoms with Crippen LogP contribution < -0.4 is 5.32 Å². The first kappa shape index (κ1) is 13.0. The third-order valence-electron chi connectivity index (χ3n) is 2.39. The fraction of sp³-hybridized carbons (Fsp3) is 0. The summed E-state index contributed by atoms with van der Waals surface area (Å²) in [5.74, 6) is -0.241. The molecule has 19 heavy (non-hydrogen) atoms. The van der Waals surface area contributed by atoms with Crippen molar-refractivity contribution in [2.75, 3.05) is 5.32 Å². The third kappa shape index (κ3) is 3.48. The molecule has 1 N–H and O–H groups in total. The van der Waals surface area contributed by atoms with Gasteiger partial charge in [0.05, 0.1) is 0 Å². The molecule has 0 radical (unpaired) electrons. The molecule has 0 bridgehead atoms. The smallest absolute Gasteiger partial charge is 0.255 e. The summed E-state index contributed by atoms with van der Waals surface area (Å²) in [5.41, 5.74) is 9.89. The molecule has 2 aromatic rings. The summed E-state index contributed by atoms with van der Waals surface area (Å²) < 4.78 is 0. The van der Waals surface area contributed by atoms with Crippen molar-refractivity contribution in [2.45, 2.75) is 0 Å². The maximum atomic E-state index is 11.9. The van der Waals surface area contributed by atoms with E-state index >= 15 is 0 Å². The van der Waals surface area contributed by atoms with Gasteiger partial charge in [0.25, 0.3) is 5.91 Å². The second-order valence-electron chi connectivity index (χ2n) is 3.70. The van der Waals surface area contributed by atoms with Gasteiger partial charge in [-0.2, -0.15) is 0 Å². The number of nitrogens with zero attached hydrogens (tertiary/aromatic N) is 3. The van der Waals surface area contributed by atoms with Crippen molar-refractivity contribution in [1.29, 1.82) is 0 Å². The van der Waals surface area contributed by atoms with Gasteiger partial charge in [0.15, 0.2) is 0 Å². The lowest BCUT2D eigenvalue weighted by Gasteiger charge is -2.05. The molecule has 2 aromatic carbocycles. The standard InChI is InChI=1S/C13H9ClN4O/c14-10-3-7-11(8-4-10)16-13(19)9-1-5-12(6-2-9)17-18-15/h1-8H,(H,16,19). The number of rotatable bonds is 3. The van der Waals surface area contributed by atoms with E-state index in [2.05, 4.69) is 15.3 Å². The Labute approximate surface area is 114 Å². The maximum absolute atomic E-state index is 11.9. The minimum absolute atomic E-state index is 0.241. The average molecular weight is 273 g/mol. The van der Waals surface area contributed by atoms with E-state index in [-0.39, 0.29) is 5.91 Å². The van der Waals surface area contributed by atoms with Gasteiger partial charge in [0.1, 0.15) is 0 Å². The summed E-state index contributed by atoms with van der Waals surface area (Å²) in [6.07, 6.45) is 0. The zero-order valence-electron chi connectivity index (χ0n) is 9.75. The summed E-state index contributed by atoms with van der Waals surface area (Å²) in [5, 5.41) is 6.78. The molecule has 2 rings (SSSR count). The van der Waals surface area contributed by atoms with E-state index in [4.69, 9.17) is 17.1 Å². The summed E-state index contributed by atoms with van der Waals surface area (Å²) in [6.45, 7) is 0. The van der Waals surface area contributed by atoms with Crippen LogP contribution in [0.4, 0.5) is 11.4 Å². The van der Waals surface area contributed by atoms with Crippen LogP contribution in [-0.2, 0) is 0 Å². The van der Waals surface area contributed by atoms with Gasteiger partial charge in [0, 0.05) is 26.9 Å². The van der Waals surface area contributed by atoms with E-state index in [1.54, 1.807) is 48.5 Å². The van der Waals surface area contributed by atoms with Gasteiger partial charge in [-0.3, -0.25) is 4.79 Å². The van der Waals surface area contributed by atoms with E-state index in [1.165, 1.54) is 0 Å². The van der Waals surface area contributed by atoms with Gasteiger partial charge in [-0.25, -0.2) is 0 Å². The SMILES string of the molecule is [N-]=[N+]=Nc1ccc(C(=O)Nc2ccc(Cl)cc2)cc1. The average Bonchev–Trinajstić information content (AvgIpc) is 2.42. The molecular formula is C13H9ClN4O. The second-order valence-corrected chi connectivity index (χ2v) is 4.13. The molecule has 0 saturated heterocycles. The predicted molar refractivity (Wildman–Crippen MR) is 74.7 cm³/mol. The van der Waals surface area contributed by atoms with Crippen molar-refractivity contribution < 1.29 is 4.79 Å². The number of halogens is 1. The lowest BCUT2D eigenvalue weighted by atomic mass is 10.2. The van der Waals surface area contributed by atoms with Gasteiger partial charge in [-0.15, -0.1) is 0 Å². The number of carbonyl (C=O) groups is 1. The number of carbonyl (C=O) groups excluding carboxylic acids is 1. The minimum atomic E-state index is -0.241. The number of hydrogen-bond acceptors (Lipinski definition) is 2. The predicted octanol–water partition coefficient (Wildman–Crippen LogP) is 4.53. The Balaban J connectivity index is 2.11. The summed E-state index contributed by atoms with van der Waals surface area (Å²) in [4.78, 5) is 14.6. The molecule has 0 aliphatic rings. The van der Waals surface area contributed by atoms with Crippen LogP contribution >= 0.6 is 11.6 Å². The molecule has 5 nitrogen and oxygen atoms in total. The Morgan fingerprint density at radius 1 is 1.11 bits per heavy atom. The lowest BCUT2D eigenvalue weighted by Crippen LogP contribution is -2.11. The van der Waals surface area contributed by atoms with Crippen LogP contribution in [0.1, 0.15) is 10.4 Å².